The van der Waals surface area contributed by atoms with Crippen LogP contribution in [-0.2, 0) is 15.6 Å². The van der Waals surface area contributed by atoms with Crippen molar-refractivity contribution in [2.24, 2.45) is 11.7 Å². The zero-order valence-electron chi connectivity index (χ0n) is 16.4. The maximum atomic E-state index is 13.2. The van der Waals surface area contributed by atoms with Gasteiger partial charge in [0, 0.05) is 6.04 Å². The topological polar surface area (TPSA) is 90.9 Å². The molecule has 0 aliphatic heterocycles. The number of rotatable bonds is 7. The van der Waals surface area contributed by atoms with Gasteiger partial charge in [-0.05, 0) is 37.7 Å². The molecule has 27 heavy (non-hydrogen) atoms. The van der Waals surface area contributed by atoms with Crippen molar-refractivity contribution < 1.29 is 8.42 Å². The van der Waals surface area contributed by atoms with Crippen molar-refractivity contribution in [1.82, 2.24) is 14.8 Å². The first-order valence-electron chi connectivity index (χ1n) is 9.76. The van der Waals surface area contributed by atoms with E-state index in [1.54, 1.807) is 0 Å². The van der Waals surface area contributed by atoms with Gasteiger partial charge in [0.05, 0.1) is 11.8 Å². The molecule has 1 aromatic heterocycles. The molecular formula is C20H30N4O2S. The third kappa shape index (κ3) is 4.58. The van der Waals surface area contributed by atoms with Gasteiger partial charge in [-0.15, -0.1) is 10.2 Å². The van der Waals surface area contributed by atoms with Gasteiger partial charge in [-0.3, -0.25) is 4.57 Å². The van der Waals surface area contributed by atoms with E-state index in [2.05, 4.69) is 24.0 Å². The summed E-state index contributed by atoms with van der Waals surface area (Å²) in [5.41, 5.74) is 8.18. The zero-order chi connectivity index (χ0) is 19.6. The van der Waals surface area contributed by atoms with Crippen LogP contribution in [-0.4, -0.2) is 23.2 Å². The SMILES string of the molecule is Cc1cccc(CS(=O)(=O)c2nnc([C@@H](N)CC(C)C)n2C2CCCC2)c1. The van der Waals surface area contributed by atoms with Gasteiger partial charge in [-0.1, -0.05) is 56.5 Å². The fraction of sp³-hybridized carbons (Fsp3) is 0.600. The molecule has 2 aromatic rings. The number of hydrogen-bond acceptors (Lipinski definition) is 5. The first-order chi connectivity index (χ1) is 12.8. The Balaban J connectivity index is 1.99. The van der Waals surface area contributed by atoms with Crippen LogP contribution < -0.4 is 5.73 Å². The van der Waals surface area contributed by atoms with Gasteiger partial charge in [0.15, 0.2) is 5.82 Å². The van der Waals surface area contributed by atoms with E-state index in [1.807, 2.05) is 35.8 Å². The smallest absolute Gasteiger partial charge is 0.250 e. The molecule has 0 unspecified atom stereocenters. The van der Waals surface area contributed by atoms with Crippen LogP contribution in [0.25, 0.3) is 0 Å². The van der Waals surface area contributed by atoms with E-state index in [-0.39, 0.29) is 23.0 Å². The van der Waals surface area contributed by atoms with Crippen LogP contribution in [0.1, 0.15) is 75.0 Å². The number of hydrogen-bond donors (Lipinski definition) is 1. The molecule has 2 N–H and O–H groups in total. The second-order valence-electron chi connectivity index (χ2n) is 8.13. The summed E-state index contributed by atoms with van der Waals surface area (Å²) >= 11 is 0. The molecule has 148 valence electrons. The molecule has 0 bridgehead atoms. The summed E-state index contributed by atoms with van der Waals surface area (Å²) in [5.74, 6) is 0.943. The molecule has 1 fully saturated rings. The van der Waals surface area contributed by atoms with E-state index in [0.717, 1.165) is 43.2 Å². The van der Waals surface area contributed by atoms with Crippen LogP contribution in [0.15, 0.2) is 29.4 Å². The second-order valence-corrected chi connectivity index (χ2v) is 10.0. The van der Waals surface area contributed by atoms with Crippen LogP contribution >= 0.6 is 0 Å². The lowest BCUT2D eigenvalue weighted by molar-refractivity contribution is 0.414. The normalized spacial score (nSPS) is 16.9. The molecule has 1 atom stereocenters. The lowest BCUT2D eigenvalue weighted by Gasteiger charge is -2.21. The van der Waals surface area contributed by atoms with Crippen molar-refractivity contribution in [1.29, 1.82) is 0 Å². The van der Waals surface area contributed by atoms with Crippen molar-refractivity contribution in [3.8, 4) is 0 Å². The van der Waals surface area contributed by atoms with Crippen molar-refractivity contribution >= 4 is 9.84 Å². The molecule has 1 saturated carbocycles. The van der Waals surface area contributed by atoms with Crippen molar-refractivity contribution in [2.45, 2.75) is 75.9 Å². The number of sulfone groups is 1. The van der Waals surface area contributed by atoms with Gasteiger partial charge in [0.25, 0.3) is 0 Å². The monoisotopic (exact) mass is 390 g/mol. The average molecular weight is 391 g/mol. The Kier molecular flexibility index (Phi) is 6.01. The highest BCUT2D eigenvalue weighted by Gasteiger charge is 2.32. The number of aromatic nitrogens is 3. The van der Waals surface area contributed by atoms with Gasteiger partial charge in [-0.2, -0.15) is 0 Å². The van der Waals surface area contributed by atoms with E-state index >= 15 is 0 Å². The van der Waals surface area contributed by atoms with E-state index in [9.17, 15) is 8.42 Å². The van der Waals surface area contributed by atoms with Crippen LogP contribution in [0.4, 0.5) is 0 Å². The Hall–Kier alpha value is -1.73. The average Bonchev–Trinajstić information content (AvgIpc) is 3.23. The summed E-state index contributed by atoms with van der Waals surface area (Å²) in [6.45, 7) is 6.16. The van der Waals surface area contributed by atoms with E-state index in [4.69, 9.17) is 5.73 Å². The third-order valence-electron chi connectivity index (χ3n) is 5.16. The lowest BCUT2D eigenvalue weighted by atomic mass is 10.0. The summed E-state index contributed by atoms with van der Waals surface area (Å²) in [7, 11) is -3.61. The fourth-order valence-electron chi connectivity index (χ4n) is 3.96. The van der Waals surface area contributed by atoms with Crippen LogP contribution in [0.3, 0.4) is 0 Å². The number of nitrogens with zero attached hydrogens (tertiary/aromatic N) is 3. The molecule has 0 saturated heterocycles. The van der Waals surface area contributed by atoms with Crippen molar-refractivity contribution in [2.75, 3.05) is 0 Å². The van der Waals surface area contributed by atoms with Gasteiger partial charge in [-0.25, -0.2) is 8.42 Å². The Morgan fingerprint density at radius 1 is 1.22 bits per heavy atom. The van der Waals surface area contributed by atoms with E-state index < -0.39 is 9.84 Å². The number of benzene rings is 1. The maximum Gasteiger partial charge on any atom is 0.250 e. The Morgan fingerprint density at radius 2 is 1.93 bits per heavy atom. The molecule has 7 heteroatoms. The first kappa shape index (κ1) is 20.0. The third-order valence-corrected chi connectivity index (χ3v) is 6.70. The molecule has 1 aromatic carbocycles. The van der Waals surface area contributed by atoms with Crippen molar-refractivity contribution in [3.63, 3.8) is 0 Å². The highest BCUT2D eigenvalue weighted by molar-refractivity contribution is 7.90. The summed E-state index contributed by atoms with van der Waals surface area (Å²) in [6.07, 6.45) is 4.85. The quantitative estimate of drug-likeness (QED) is 0.778. The minimum atomic E-state index is -3.61. The summed E-state index contributed by atoms with van der Waals surface area (Å²) in [4.78, 5) is 0. The fourth-order valence-corrected chi connectivity index (χ4v) is 5.41. The Labute approximate surface area is 162 Å². The van der Waals surface area contributed by atoms with Gasteiger partial charge >= 0.3 is 0 Å². The van der Waals surface area contributed by atoms with Gasteiger partial charge in [0.2, 0.25) is 15.0 Å². The summed E-state index contributed by atoms with van der Waals surface area (Å²) in [5, 5.41) is 8.45. The lowest BCUT2D eigenvalue weighted by Crippen LogP contribution is -2.23. The molecule has 0 amide bonds. The molecule has 0 spiro atoms. The molecule has 3 rings (SSSR count). The second kappa shape index (κ2) is 8.10. The summed E-state index contributed by atoms with van der Waals surface area (Å²) in [6, 6.07) is 7.40. The zero-order valence-corrected chi connectivity index (χ0v) is 17.2. The molecule has 0 radical (unpaired) electrons. The van der Waals surface area contributed by atoms with Gasteiger partial charge < -0.3 is 5.73 Å². The summed E-state index contributed by atoms with van der Waals surface area (Å²) < 4.78 is 28.2. The van der Waals surface area contributed by atoms with Crippen LogP contribution in [0.2, 0.25) is 0 Å². The largest absolute Gasteiger partial charge is 0.321 e. The number of aryl methyl sites for hydroxylation is 1. The molecule has 1 aliphatic rings. The standard InChI is InChI=1S/C20H30N4O2S/c1-14(2)11-18(21)19-22-23-20(24(19)17-9-4-5-10-17)27(25,26)13-16-8-6-7-15(3)12-16/h6-8,12,14,17-18H,4-5,9-11,13,21H2,1-3H3/t18-/m0/s1. The Morgan fingerprint density at radius 3 is 2.56 bits per heavy atom. The minimum Gasteiger partial charge on any atom is -0.321 e. The Bertz CT molecular complexity index is 883. The molecule has 1 aliphatic carbocycles. The minimum absolute atomic E-state index is 0.0705. The molecule has 6 nitrogen and oxygen atoms in total. The highest BCUT2D eigenvalue weighted by atomic mass is 32.2. The highest BCUT2D eigenvalue weighted by Crippen LogP contribution is 2.35. The van der Waals surface area contributed by atoms with E-state index in [1.165, 1.54) is 0 Å². The molecule has 1 heterocycles. The first-order valence-corrected chi connectivity index (χ1v) is 11.4. The molecular weight excluding hydrogens is 360 g/mol. The van der Waals surface area contributed by atoms with Crippen LogP contribution in [0.5, 0.6) is 0 Å². The van der Waals surface area contributed by atoms with Crippen LogP contribution in [0, 0.1) is 12.8 Å². The van der Waals surface area contributed by atoms with E-state index in [0.29, 0.717) is 11.7 Å². The predicted molar refractivity (Wildman–Crippen MR) is 106 cm³/mol. The number of nitrogens with two attached hydrogens (primary N) is 1. The van der Waals surface area contributed by atoms with Gasteiger partial charge in [0.1, 0.15) is 0 Å². The van der Waals surface area contributed by atoms with Crippen molar-refractivity contribution in [3.05, 3.63) is 41.2 Å². The predicted octanol–water partition coefficient (Wildman–Crippen LogP) is 3.72. The maximum absolute atomic E-state index is 13.2.